The number of aromatic nitrogens is 2. The Hall–Kier alpha value is -1.43. The molecule has 2 aromatic rings. The van der Waals surface area contributed by atoms with Crippen LogP contribution in [-0.4, -0.2) is 9.78 Å². The molecule has 0 saturated carbocycles. The van der Waals surface area contributed by atoms with Crippen molar-refractivity contribution in [3.05, 3.63) is 52.6 Å². The fraction of sp³-hybridized carbons (Fsp3) is 0.308. The van der Waals surface area contributed by atoms with Crippen molar-refractivity contribution < 1.29 is 4.39 Å². The molecule has 0 saturated heterocycles. The van der Waals surface area contributed by atoms with Crippen LogP contribution in [0.25, 0.3) is 0 Å². The molecule has 4 nitrogen and oxygen atoms in total. The standard InChI is InChI=1S/C13H16ClFN4/c1-19-8-9(7-17-19)2-5-13(18-16)10-3-4-11(14)12(15)6-10/h3-4,6-8,13,18H,2,5,16H2,1H3. The van der Waals surface area contributed by atoms with Gasteiger partial charge in [-0.25, -0.2) is 4.39 Å². The Morgan fingerprint density at radius 2 is 2.32 bits per heavy atom. The minimum Gasteiger partial charge on any atom is -0.276 e. The van der Waals surface area contributed by atoms with E-state index in [1.54, 1.807) is 16.8 Å². The molecule has 2 rings (SSSR count). The maximum atomic E-state index is 13.4. The highest BCUT2D eigenvalue weighted by Crippen LogP contribution is 2.23. The summed E-state index contributed by atoms with van der Waals surface area (Å²) in [5, 5.41) is 4.22. The van der Waals surface area contributed by atoms with Crippen molar-refractivity contribution in [1.29, 1.82) is 0 Å². The van der Waals surface area contributed by atoms with E-state index in [2.05, 4.69) is 10.5 Å². The largest absolute Gasteiger partial charge is 0.276 e. The monoisotopic (exact) mass is 282 g/mol. The van der Waals surface area contributed by atoms with Gasteiger partial charge in [0.2, 0.25) is 0 Å². The third-order valence-corrected chi connectivity index (χ3v) is 3.33. The molecular weight excluding hydrogens is 267 g/mol. The third-order valence-electron chi connectivity index (χ3n) is 3.03. The first kappa shape index (κ1) is 14.0. The minimum atomic E-state index is -0.430. The number of hydrazine groups is 1. The van der Waals surface area contributed by atoms with Crippen LogP contribution in [0.2, 0.25) is 5.02 Å². The number of aryl methyl sites for hydroxylation is 2. The van der Waals surface area contributed by atoms with E-state index in [4.69, 9.17) is 17.4 Å². The van der Waals surface area contributed by atoms with Gasteiger partial charge in [0.1, 0.15) is 5.82 Å². The van der Waals surface area contributed by atoms with Gasteiger partial charge in [-0.15, -0.1) is 0 Å². The highest BCUT2D eigenvalue weighted by Gasteiger charge is 2.12. The first-order chi connectivity index (χ1) is 9.10. The van der Waals surface area contributed by atoms with E-state index in [0.717, 1.165) is 24.0 Å². The van der Waals surface area contributed by atoms with Crippen LogP contribution in [0.4, 0.5) is 4.39 Å². The summed E-state index contributed by atoms with van der Waals surface area (Å²) in [6.07, 6.45) is 5.34. The first-order valence-electron chi connectivity index (χ1n) is 5.98. The van der Waals surface area contributed by atoms with Gasteiger partial charge >= 0.3 is 0 Å². The Balaban J connectivity index is 2.05. The Labute approximate surface area is 116 Å². The van der Waals surface area contributed by atoms with Crippen LogP contribution >= 0.6 is 11.6 Å². The number of nitrogens with zero attached hydrogens (tertiary/aromatic N) is 2. The van der Waals surface area contributed by atoms with E-state index < -0.39 is 5.82 Å². The highest BCUT2D eigenvalue weighted by atomic mass is 35.5. The average molecular weight is 283 g/mol. The zero-order chi connectivity index (χ0) is 13.8. The fourth-order valence-electron chi connectivity index (χ4n) is 1.99. The fourth-order valence-corrected chi connectivity index (χ4v) is 2.10. The molecule has 0 bridgehead atoms. The number of nitrogens with two attached hydrogens (primary N) is 1. The lowest BCUT2D eigenvalue weighted by Gasteiger charge is -2.16. The molecule has 19 heavy (non-hydrogen) atoms. The second-order valence-electron chi connectivity index (χ2n) is 4.45. The van der Waals surface area contributed by atoms with Crippen LogP contribution in [0, 0.1) is 5.82 Å². The minimum absolute atomic E-state index is 0.117. The van der Waals surface area contributed by atoms with Crippen LogP contribution in [0.5, 0.6) is 0 Å². The number of nitrogens with one attached hydrogen (secondary N) is 1. The van der Waals surface area contributed by atoms with Crippen LogP contribution in [0.1, 0.15) is 23.6 Å². The van der Waals surface area contributed by atoms with Gasteiger partial charge in [-0.3, -0.25) is 16.0 Å². The summed E-state index contributed by atoms with van der Waals surface area (Å²) >= 11 is 5.67. The second kappa shape index (κ2) is 6.14. The van der Waals surface area contributed by atoms with Crippen molar-refractivity contribution in [1.82, 2.24) is 15.2 Å². The molecular formula is C13H16ClFN4. The van der Waals surface area contributed by atoms with Crippen LogP contribution in [-0.2, 0) is 13.5 Å². The molecule has 102 valence electrons. The lowest BCUT2D eigenvalue weighted by Crippen LogP contribution is -2.28. The summed E-state index contributed by atoms with van der Waals surface area (Å²) in [4.78, 5) is 0. The Morgan fingerprint density at radius 1 is 1.53 bits per heavy atom. The molecule has 1 aromatic carbocycles. The van der Waals surface area contributed by atoms with Crippen molar-refractivity contribution in [2.45, 2.75) is 18.9 Å². The van der Waals surface area contributed by atoms with Crippen LogP contribution < -0.4 is 11.3 Å². The van der Waals surface area contributed by atoms with Crippen LogP contribution in [0.3, 0.4) is 0 Å². The summed E-state index contributed by atoms with van der Waals surface area (Å²) in [6, 6.07) is 4.61. The predicted molar refractivity (Wildman–Crippen MR) is 73.0 cm³/mol. The van der Waals surface area contributed by atoms with E-state index in [1.807, 2.05) is 19.4 Å². The van der Waals surface area contributed by atoms with Gasteiger partial charge in [-0.05, 0) is 36.1 Å². The van der Waals surface area contributed by atoms with Gasteiger partial charge in [-0.1, -0.05) is 17.7 Å². The molecule has 1 unspecified atom stereocenters. The zero-order valence-corrected chi connectivity index (χ0v) is 11.4. The van der Waals surface area contributed by atoms with Gasteiger partial charge in [0.05, 0.1) is 11.2 Å². The quantitative estimate of drug-likeness (QED) is 0.654. The molecule has 0 aliphatic heterocycles. The Bertz CT molecular complexity index is 555. The average Bonchev–Trinajstić information content (AvgIpc) is 2.80. The summed E-state index contributed by atoms with van der Waals surface area (Å²) in [6.45, 7) is 0. The number of benzene rings is 1. The lowest BCUT2D eigenvalue weighted by molar-refractivity contribution is 0.512. The number of rotatable bonds is 5. The number of halogens is 2. The zero-order valence-electron chi connectivity index (χ0n) is 10.6. The summed E-state index contributed by atoms with van der Waals surface area (Å²) in [7, 11) is 1.87. The molecule has 6 heteroatoms. The molecule has 0 aliphatic rings. The molecule has 1 aromatic heterocycles. The van der Waals surface area contributed by atoms with Gasteiger partial charge in [-0.2, -0.15) is 5.10 Å². The molecule has 1 heterocycles. The van der Waals surface area contributed by atoms with Gasteiger partial charge in [0.15, 0.2) is 0 Å². The van der Waals surface area contributed by atoms with Gasteiger partial charge in [0, 0.05) is 19.3 Å². The number of hydrogen-bond acceptors (Lipinski definition) is 3. The first-order valence-corrected chi connectivity index (χ1v) is 6.36. The third kappa shape index (κ3) is 3.53. The second-order valence-corrected chi connectivity index (χ2v) is 4.86. The van der Waals surface area contributed by atoms with Crippen molar-refractivity contribution in [3.63, 3.8) is 0 Å². The van der Waals surface area contributed by atoms with Crippen molar-refractivity contribution in [3.8, 4) is 0 Å². The van der Waals surface area contributed by atoms with E-state index in [9.17, 15) is 4.39 Å². The highest BCUT2D eigenvalue weighted by molar-refractivity contribution is 6.30. The lowest BCUT2D eigenvalue weighted by atomic mass is 10.0. The van der Waals surface area contributed by atoms with Crippen molar-refractivity contribution >= 4 is 11.6 Å². The maximum absolute atomic E-state index is 13.4. The molecule has 0 spiro atoms. The molecule has 0 aliphatic carbocycles. The van der Waals surface area contributed by atoms with E-state index in [0.29, 0.717) is 0 Å². The SMILES string of the molecule is Cn1cc(CCC(NN)c2ccc(Cl)c(F)c2)cn1. The van der Waals surface area contributed by atoms with E-state index in [1.165, 1.54) is 6.07 Å². The van der Waals surface area contributed by atoms with E-state index in [-0.39, 0.29) is 11.1 Å². The summed E-state index contributed by atoms with van der Waals surface area (Å²) in [5.74, 6) is 5.11. The van der Waals surface area contributed by atoms with Crippen LogP contribution in [0.15, 0.2) is 30.6 Å². The van der Waals surface area contributed by atoms with Gasteiger partial charge in [0.25, 0.3) is 0 Å². The Morgan fingerprint density at radius 3 is 2.89 bits per heavy atom. The summed E-state index contributed by atoms with van der Waals surface area (Å²) in [5.41, 5.74) is 4.61. The summed E-state index contributed by atoms with van der Waals surface area (Å²) < 4.78 is 15.2. The molecule has 0 radical (unpaired) electrons. The van der Waals surface area contributed by atoms with Crippen molar-refractivity contribution in [2.24, 2.45) is 12.9 Å². The normalized spacial score (nSPS) is 12.6. The topological polar surface area (TPSA) is 55.9 Å². The maximum Gasteiger partial charge on any atom is 0.142 e. The Kier molecular flexibility index (Phi) is 4.52. The molecule has 3 N–H and O–H groups in total. The van der Waals surface area contributed by atoms with Crippen molar-refractivity contribution in [2.75, 3.05) is 0 Å². The number of hydrogen-bond donors (Lipinski definition) is 2. The smallest absolute Gasteiger partial charge is 0.142 e. The molecule has 0 amide bonds. The molecule has 0 fully saturated rings. The van der Waals surface area contributed by atoms with Gasteiger partial charge < -0.3 is 0 Å². The van der Waals surface area contributed by atoms with E-state index >= 15 is 0 Å². The predicted octanol–water partition coefficient (Wildman–Crippen LogP) is 2.35. The molecule has 1 atom stereocenters.